The molecule has 3 amide bonds. The second-order valence-corrected chi connectivity index (χ2v) is 8.10. The lowest BCUT2D eigenvalue weighted by molar-refractivity contribution is 0.0734. The highest BCUT2D eigenvalue weighted by Crippen LogP contribution is 2.24. The van der Waals surface area contributed by atoms with E-state index >= 15 is 0 Å². The van der Waals surface area contributed by atoms with E-state index in [-0.39, 0.29) is 17.7 Å². The Morgan fingerprint density at radius 3 is 2.65 bits per heavy atom. The average Bonchev–Trinajstić information content (AvgIpc) is 3.35. The van der Waals surface area contributed by atoms with Gasteiger partial charge in [0, 0.05) is 49.2 Å². The minimum atomic E-state index is -0.284. The number of fused-ring (bicyclic) bond motifs is 2. The molecule has 3 heterocycles. The molecule has 0 fully saturated rings. The largest absolute Gasteiger partial charge is 0.463 e. The molecule has 0 radical (unpaired) electrons. The molecule has 1 aliphatic rings. The van der Waals surface area contributed by atoms with Gasteiger partial charge in [-0.3, -0.25) is 19.4 Å². The van der Waals surface area contributed by atoms with Crippen molar-refractivity contribution in [3.05, 3.63) is 94.9 Å². The third kappa shape index (κ3) is 4.13. The van der Waals surface area contributed by atoms with E-state index in [1.165, 1.54) is 0 Å². The molecule has 0 bridgehead atoms. The summed E-state index contributed by atoms with van der Waals surface area (Å²) >= 11 is 0. The van der Waals surface area contributed by atoms with E-state index in [1.54, 1.807) is 66.9 Å². The number of hydrogen-bond acceptors (Lipinski definition) is 5. The molecule has 34 heavy (non-hydrogen) atoms. The summed E-state index contributed by atoms with van der Waals surface area (Å²) in [5, 5.41) is 5.41. The van der Waals surface area contributed by atoms with E-state index in [0.29, 0.717) is 53.0 Å². The van der Waals surface area contributed by atoms with Crippen LogP contribution in [-0.2, 0) is 13.0 Å². The summed E-state index contributed by atoms with van der Waals surface area (Å²) in [6, 6.07) is 15.7. The van der Waals surface area contributed by atoms with Crippen molar-refractivity contribution in [3.8, 4) is 0 Å². The van der Waals surface area contributed by atoms with E-state index in [4.69, 9.17) is 4.42 Å². The van der Waals surface area contributed by atoms with Crippen molar-refractivity contribution in [3.63, 3.8) is 0 Å². The number of benzene rings is 2. The fraction of sp³-hybridized carbons (Fsp3) is 0.154. The SMILES string of the molecule is CNC(=O)c1cccc(NC(=O)c2ccc3c(c2)CN(C(=O)c2cnc4ccoc4c2)CC3)c1. The summed E-state index contributed by atoms with van der Waals surface area (Å²) in [6.45, 7) is 0.984. The monoisotopic (exact) mass is 454 g/mol. The molecule has 1 aliphatic heterocycles. The Morgan fingerprint density at radius 2 is 1.79 bits per heavy atom. The number of nitrogens with zero attached hydrogens (tertiary/aromatic N) is 2. The number of hydrogen-bond donors (Lipinski definition) is 2. The van der Waals surface area contributed by atoms with E-state index < -0.39 is 0 Å². The minimum Gasteiger partial charge on any atom is -0.463 e. The summed E-state index contributed by atoms with van der Waals surface area (Å²) in [6.07, 6.45) is 3.81. The van der Waals surface area contributed by atoms with Crippen molar-refractivity contribution in [1.82, 2.24) is 15.2 Å². The van der Waals surface area contributed by atoms with Crippen LogP contribution in [0.5, 0.6) is 0 Å². The smallest absolute Gasteiger partial charge is 0.255 e. The van der Waals surface area contributed by atoms with Gasteiger partial charge in [0.2, 0.25) is 0 Å². The molecule has 0 atom stereocenters. The number of carbonyl (C=O) groups excluding carboxylic acids is 3. The number of nitrogens with one attached hydrogen (secondary N) is 2. The van der Waals surface area contributed by atoms with Crippen molar-refractivity contribution >= 4 is 34.5 Å². The van der Waals surface area contributed by atoms with Crippen LogP contribution in [0, 0.1) is 0 Å². The highest BCUT2D eigenvalue weighted by atomic mass is 16.3. The average molecular weight is 454 g/mol. The van der Waals surface area contributed by atoms with Gasteiger partial charge in [0.1, 0.15) is 5.52 Å². The van der Waals surface area contributed by atoms with Gasteiger partial charge in [0.25, 0.3) is 17.7 Å². The highest BCUT2D eigenvalue weighted by Gasteiger charge is 2.23. The molecule has 8 nitrogen and oxygen atoms in total. The molecule has 2 N–H and O–H groups in total. The number of furan rings is 1. The molecule has 0 aliphatic carbocycles. The van der Waals surface area contributed by atoms with E-state index in [0.717, 1.165) is 11.1 Å². The van der Waals surface area contributed by atoms with Gasteiger partial charge in [0.15, 0.2) is 5.58 Å². The maximum Gasteiger partial charge on any atom is 0.255 e. The Morgan fingerprint density at radius 1 is 0.941 bits per heavy atom. The lowest BCUT2D eigenvalue weighted by Crippen LogP contribution is -2.36. The van der Waals surface area contributed by atoms with Crippen molar-refractivity contribution in [2.24, 2.45) is 0 Å². The van der Waals surface area contributed by atoms with Gasteiger partial charge in [-0.15, -0.1) is 0 Å². The molecule has 2 aromatic heterocycles. The molecule has 8 heteroatoms. The van der Waals surface area contributed by atoms with Gasteiger partial charge in [-0.2, -0.15) is 0 Å². The standard InChI is InChI=1S/C26H22N4O4/c1-27-24(31)17-3-2-4-21(12-17)29-25(32)18-6-5-16-7-9-30(15-20(16)11-18)26(33)19-13-23-22(28-14-19)8-10-34-23/h2-6,8,10-14H,7,9,15H2,1H3,(H,27,31)(H,29,32). The van der Waals surface area contributed by atoms with Crippen molar-refractivity contribution in [1.29, 1.82) is 0 Å². The quantitative estimate of drug-likeness (QED) is 0.490. The predicted octanol–water partition coefficient (Wildman–Crippen LogP) is 3.64. The number of anilines is 1. The van der Waals surface area contributed by atoms with Crippen molar-refractivity contribution in [2.75, 3.05) is 18.9 Å². The van der Waals surface area contributed by atoms with Crippen LogP contribution < -0.4 is 10.6 Å². The van der Waals surface area contributed by atoms with Gasteiger partial charge >= 0.3 is 0 Å². The third-order valence-corrected chi connectivity index (χ3v) is 5.93. The zero-order valence-electron chi connectivity index (χ0n) is 18.5. The Labute approximate surface area is 195 Å². The van der Waals surface area contributed by atoms with Crippen LogP contribution in [0.1, 0.15) is 42.2 Å². The lowest BCUT2D eigenvalue weighted by atomic mass is 9.96. The molecule has 2 aromatic carbocycles. The maximum atomic E-state index is 13.1. The van der Waals surface area contributed by atoms with Crippen LogP contribution in [0.25, 0.3) is 11.1 Å². The second kappa shape index (κ2) is 8.82. The zero-order valence-corrected chi connectivity index (χ0v) is 18.5. The normalized spacial score (nSPS) is 12.8. The summed E-state index contributed by atoms with van der Waals surface area (Å²) in [4.78, 5) is 43.8. The van der Waals surface area contributed by atoms with Gasteiger partial charge in [-0.05, 0) is 53.9 Å². The summed E-state index contributed by atoms with van der Waals surface area (Å²) < 4.78 is 5.37. The van der Waals surface area contributed by atoms with Crippen LogP contribution in [0.4, 0.5) is 5.69 Å². The Bertz CT molecular complexity index is 1430. The van der Waals surface area contributed by atoms with Crippen LogP contribution in [0.2, 0.25) is 0 Å². The van der Waals surface area contributed by atoms with E-state index in [9.17, 15) is 14.4 Å². The number of rotatable bonds is 4. The first-order valence-corrected chi connectivity index (χ1v) is 10.9. The van der Waals surface area contributed by atoms with E-state index in [1.807, 2.05) is 12.1 Å². The lowest BCUT2D eigenvalue weighted by Gasteiger charge is -2.29. The molecule has 0 saturated carbocycles. The fourth-order valence-electron chi connectivity index (χ4n) is 4.10. The van der Waals surface area contributed by atoms with Crippen LogP contribution in [0.15, 0.2) is 71.5 Å². The number of aromatic nitrogens is 1. The summed E-state index contributed by atoms with van der Waals surface area (Å²) in [7, 11) is 1.56. The Balaban J connectivity index is 1.33. The molecule has 0 unspecified atom stereocenters. The molecule has 0 saturated heterocycles. The fourth-order valence-corrected chi connectivity index (χ4v) is 4.10. The maximum absolute atomic E-state index is 13.1. The number of amides is 3. The van der Waals surface area contributed by atoms with Gasteiger partial charge in [-0.1, -0.05) is 12.1 Å². The van der Waals surface area contributed by atoms with Gasteiger partial charge in [-0.25, -0.2) is 0 Å². The minimum absolute atomic E-state index is 0.127. The molecule has 0 spiro atoms. The number of carbonyl (C=O) groups is 3. The topological polar surface area (TPSA) is 105 Å². The molecular formula is C26H22N4O4. The molecule has 5 rings (SSSR count). The first-order valence-electron chi connectivity index (χ1n) is 10.9. The second-order valence-electron chi connectivity index (χ2n) is 8.10. The third-order valence-electron chi connectivity index (χ3n) is 5.93. The van der Waals surface area contributed by atoms with Crippen molar-refractivity contribution < 1.29 is 18.8 Å². The van der Waals surface area contributed by atoms with Crippen LogP contribution in [-0.4, -0.2) is 41.2 Å². The van der Waals surface area contributed by atoms with Crippen LogP contribution in [0.3, 0.4) is 0 Å². The number of pyridine rings is 1. The summed E-state index contributed by atoms with van der Waals surface area (Å²) in [5.41, 5.74) is 5.26. The van der Waals surface area contributed by atoms with Crippen molar-refractivity contribution in [2.45, 2.75) is 13.0 Å². The van der Waals surface area contributed by atoms with E-state index in [2.05, 4.69) is 15.6 Å². The Hall–Kier alpha value is -4.46. The van der Waals surface area contributed by atoms with Gasteiger partial charge in [0.05, 0.1) is 11.8 Å². The Kier molecular flexibility index (Phi) is 5.55. The predicted molar refractivity (Wildman–Crippen MR) is 127 cm³/mol. The molecule has 170 valence electrons. The molecular weight excluding hydrogens is 432 g/mol. The first kappa shape index (κ1) is 21.4. The summed E-state index contributed by atoms with van der Waals surface area (Å²) in [5.74, 6) is -0.638. The van der Waals surface area contributed by atoms with Gasteiger partial charge < -0.3 is 20.0 Å². The highest BCUT2D eigenvalue weighted by molar-refractivity contribution is 6.05. The molecule has 4 aromatic rings. The van der Waals surface area contributed by atoms with Crippen LogP contribution >= 0.6 is 0 Å². The zero-order chi connectivity index (χ0) is 23.7. The first-order chi connectivity index (χ1) is 16.5.